The van der Waals surface area contributed by atoms with Crippen molar-refractivity contribution in [1.82, 2.24) is 14.9 Å². The number of non-ortho nitro benzene ring substituents is 1. The molecule has 0 aliphatic carbocycles. The highest BCUT2D eigenvalue weighted by Gasteiger charge is 2.17. The van der Waals surface area contributed by atoms with Crippen molar-refractivity contribution in [3.63, 3.8) is 0 Å². The summed E-state index contributed by atoms with van der Waals surface area (Å²) in [6.07, 6.45) is 0. The van der Waals surface area contributed by atoms with Gasteiger partial charge in [0.05, 0.1) is 9.82 Å². The van der Waals surface area contributed by atoms with Crippen LogP contribution in [0.3, 0.4) is 0 Å². The van der Waals surface area contributed by atoms with E-state index in [1.54, 1.807) is 12.1 Å². The van der Waals surface area contributed by atoms with Gasteiger partial charge in [-0.3, -0.25) is 19.8 Å². The molecule has 0 radical (unpaired) electrons. The summed E-state index contributed by atoms with van der Waals surface area (Å²) in [5, 5.41) is 13.5. The zero-order valence-corrected chi connectivity index (χ0v) is 18.7. The molecule has 0 bridgehead atoms. The monoisotopic (exact) mass is 448 g/mol. The Morgan fingerprint density at radius 1 is 1.13 bits per heavy atom. The molecule has 1 amide bonds. The van der Waals surface area contributed by atoms with Crippen LogP contribution in [0.2, 0.25) is 0 Å². The van der Waals surface area contributed by atoms with Crippen LogP contribution in [0.5, 0.6) is 0 Å². The van der Waals surface area contributed by atoms with Crippen LogP contribution >= 0.6 is 0 Å². The first kappa shape index (κ1) is 24.4. The number of benzene rings is 2. The van der Waals surface area contributed by atoms with Gasteiger partial charge in [-0.05, 0) is 44.2 Å². The minimum absolute atomic E-state index is 0.0469. The third-order valence-corrected chi connectivity index (χ3v) is 6.24. The van der Waals surface area contributed by atoms with Crippen LogP contribution in [-0.4, -0.2) is 49.8 Å². The second-order valence-corrected chi connectivity index (χ2v) is 9.03. The minimum atomic E-state index is -3.92. The summed E-state index contributed by atoms with van der Waals surface area (Å²) in [7, 11) is -3.92. The number of rotatable bonds is 11. The number of nitrogens with one attached hydrogen (secondary N) is 2. The predicted octanol–water partition coefficient (Wildman–Crippen LogP) is 2.53. The van der Waals surface area contributed by atoms with Crippen molar-refractivity contribution in [2.24, 2.45) is 0 Å². The van der Waals surface area contributed by atoms with E-state index in [1.165, 1.54) is 18.2 Å². The average molecular weight is 449 g/mol. The number of hydrogen-bond acceptors (Lipinski definition) is 6. The van der Waals surface area contributed by atoms with E-state index in [4.69, 9.17) is 0 Å². The van der Waals surface area contributed by atoms with Crippen molar-refractivity contribution in [3.8, 4) is 0 Å². The fraction of sp³-hybridized carbons (Fsp3) is 0.381. The fourth-order valence-corrected chi connectivity index (χ4v) is 4.04. The molecule has 0 spiro atoms. The number of hydrogen-bond donors (Lipinski definition) is 2. The number of nitrogens with zero attached hydrogens (tertiary/aromatic N) is 2. The second-order valence-electron chi connectivity index (χ2n) is 7.26. The van der Waals surface area contributed by atoms with Crippen LogP contribution in [0.4, 0.5) is 5.69 Å². The van der Waals surface area contributed by atoms with Crippen molar-refractivity contribution < 1.29 is 18.1 Å². The Balaban J connectivity index is 1.86. The molecule has 0 saturated carbocycles. The fourth-order valence-electron chi connectivity index (χ4n) is 2.97. The molecule has 0 aliphatic rings. The summed E-state index contributed by atoms with van der Waals surface area (Å²) in [4.78, 5) is 24.5. The van der Waals surface area contributed by atoms with Crippen LogP contribution in [-0.2, 0) is 16.6 Å². The van der Waals surface area contributed by atoms with Crippen LogP contribution in [0.1, 0.15) is 36.7 Å². The third-order valence-electron chi connectivity index (χ3n) is 4.78. The Morgan fingerprint density at radius 2 is 1.81 bits per heavy atom. The van der Waals surface area contributed by atoms with Gasteiger partial charge in [0.2, 0.25) is 10.0 Å². The zero-order valence-electron chi connectivity index (χ0n) is 17.9. The van der Waals surface area contributed by atoms with Crippen LogP contribution in [0, 0.1) is 10.1 Å². The molecule has 31 heavy (non-hydrogen) atoms. The van der Waals surface area contributed by atoms with Gasteiger partial charge >= 0.3 is 0 Å². The minimum Gasteiger partial charge on any atom is -0.351 e. The Kier molecular flexibility index (Phi) is 8.66. The molecule has 0 aliphatic heterocycles. The van der Waals surface area contributed by atoms with Gasteiger partial charge in [0.15, 0.2) is 0 Å². The highest BCUT2D eigenvalue weighted by atomic mass is 32.2. The van der Waals surface area contributed by atoms with E-state index < -0.39 is 14.9 Å². The molecule has 2 N–H and O–H groups in total. The lowest BCUT2D eigenvalue weighted by molar-refractivity contribution is -0.385. The molecule has 0 atom stereocenters. The van der Waals surface area contributed by atoms with Gasteiger partial charge in [-0.25, -0.2) is 13.1 Å². The molecule has 0 aromatic heterocycles. The summed E-state index contributed by atoms with van der Waals surface area (Å²) in [6, 6.07) is 12.5. The first-order valence-electron chi connectivity index (χ1n) is 9.99. The maximum atomic E-state index is 12.3. The average Bonchev–Trinajstić information content (AvgIpc) is 2.75. The van der Waals surface area contributed by atoms with Gasteiger partial charge < -0.3 is 5.32 Å². The maximum Gasteiger partial charge on any atom is 0.270 e. The highest BCUT2D eigenvalue weighted by molar-refractivity contribution is 7.89. The normalized spacial score (nSPS) is 11.6. The SMILES string of the molecule is CCN(Cc1ccc(C(=O)NCCNS(=O)(=O)c2cccc([N+](=O)[O-])c2)cc1)C(C)C. The Morgan fingerprint density at radius 3 is 2.39 bits per heavy atom. The third kappa shape index (κ3) is 7.12. The number of carbonyl (C=O) groups is 1. The molecule has 2 aromatic carbocycles. The molecular formula is C21H28N4O5S. The van der Waals surface area contributed by atoms with Crippen LogP contribution < -0.4 is 10.0 Å². The molecule has 9 nitrogen and oxygen atoms in total. The highest BCUT2D eigenvalue weighted by Crippen LogP contribution is 2.17. The van der Waals surface area contributed by atoms with E-state index in [9.17, 15) is 23.3 Å². The number of amides is 1. The lowest BCUT2D eigenvalue weighted by atomic mass is 10.1. The summed E-state index contributed by atoms with van der Waals surface area (Å²) in [5.41, 5.74) is 1.28. The largest absolute Gasteiger partial charge is 0.351 e. The van der Waals surface area contributed by atoms with Crippen LogP contribution in [0.15, 0.2) is 53.4 Å². The first-order valence-corrected chi connectivity index (χ1v) is 11.5. The lowest BCUT2D eigenvalue weighted by Gasteiger charge is -2.24. The summed E-state index contributed by atoms with van der Waals surface area (Å²) in [6.45, 7) is 8.15. The van der Waals surface area contributed by atoms with Gasteiger partial charge in [0, 0.05) is 43.4 Å². The van der Waals surface area contributed by atoms with Gasteiger partial charge in [0.25, 0.3) is 11.6 Å². The molecule has 168 valence electrons. The number of nitro groups is 1. The van der Waals surface area contributed by atoms with Crippen molar-refractivity contribution in [3.05, 3.63) is 69.8 Å². The summed E-state index contributed by atoms with van der Waals surface area (Å²) < 4.78 is 26.9. The summed E-state index contributed by atoms with van der Waals surface area (Å²) >= 11 is 0. The van der Waals surface area contributed by atoms with Gasteiger partial charge in [-0.1, -0.05) is 25.1 Å². The van der Waals surface area contributed by atoms with E-state index in [1.807, 2.05) is 12.1 Å². The summed E-state index contributed by atoms with van der Waals surface area (Å²) in [5.74, 6) is -0.308. The standard InChI is InChI=1S/C21H28N4O5S/c1-4-24(16(2)3)15-17-8-10-18(11-9-17)21(26)22-12-13-23-31(29,30)20-7-5-6-19(14-20)25(27)28/h5-11,14,16,23H,4,12-13,15H2,1-3H3,(H,22,26). The van der Waals surface area contributed by atoms with Crippen molar-refractivity contribution >= 4 is 21.6 Å². The molecule has 0 fully saturated rings. The van der Waals surface area contributed by atoms with Crippen molar-refractivity contribution in [2.45, 2.75) is 38.3 Å². The Labute approximate surface area is 182 Å². The Bertz CT molecular complexity index is 1010. The first-order chi connectivity index (χ1) is 14.6. The zero-order chi connectivity index (χ0) is 23.0. The van der Waals surface area contributed by atoms with E-state index >= 15 is 0 Å². The maximum absolute atomic E-state index is 12.3. The smallest absolute Gasteiger partial charge is 0.270 e. The number of nitro benzene ring substituents is 1. The van der Waals surface area contributed by atoms with Crippen molar-refractivity contribution in [1.29, 1.82) is 0 Å². The molecule has 0 heterocycles. The number of carbonyl (C=O) groups excluding carboxylic acids is 1. The predicted molar refractivity (Wildman–Crippen MR) is 118 cm³/mol. The van der Waals surface area contributed by atoms with Crippen molar-refractivity contribution in [2.75, 3.05) is 19.6 Å². The molecule has 2 rings (SSSR count). The van der Waals surface area contributed by atoms with Gasteiger partial charge in [-0.15, -0.1) is 0 Å². The van der Waals surface area contributed by atoms with Gasteiger partial charge in [-0.2, -0.15) is 0 Å². The lowest BCUT2D eigenvalue weighted by Crippen LogP contribution is -2.34. The van der Waals surface area contributed by atoms with E-state index in [-0.39, 0.29) is 29.6 Å². The molecule has 10 heteroatoms. The topological polar surface area (TPSA) is 122 Å². The molecule has 0 saturated heterocycles. The molecule has 2 aromatic rings. The number of sulfonamides is 1. The Hall–Kier alpha value is -2.82. The molecule has 0 unspecified atom stereocenters. The van der Waals surface area contributed by atoms with E-state index in [0.717, 1.165) is 24.7 Å². The van der Waals surface area contributed by atoms with Gasteiger partial charge in [0.1, 0.15) is 0 Å². The van der Waals surface area contributed by atoms with E-state index in [2.05, 4.69) is 35.7 Å². The van der Waals surface area contributed by atoms with Crippen LogP contribution in [0.25, 0.3) is 0 Å². The second kappa shape index (κ2) is 11.0. The van der Waals surface area contributed by atoms with E-state index in [0.29, 0.717) is 11.6 Å². The molecular weight excluding hydrogens is 420 g/mol. The quantitative estimate of drug-likeness (QED) is 0.309.